The largest absolute Gasteiger partial charge is 0.334 e. The Bertz CT molecular complexity index is 900. The van der Waals surface area contributed by atoms with Crippen LogP contribution in [0.5, 0.6) is 0 Å². The van der Waals surface area contributed by atoms with Gasteiger partial charge < -0.3 is 9.13 Å². The molecule has 3 aromatic rings. The van der Waals surface area contributed by atoms with Gasteiger partial charge in [0.25, 0.3) is 0 Å². The van der Waals surface area contributed by atoms with Crippen LogP contribution in [0.2, 0.25) is 0 Å². The van der Waals surface area contributed by atoms with E-state index in [1.54, 1.807) is 37.1 Å². The van der Waals surface area contributed by atoms with Gasteiger partial charge >= 0.3 is 0 Å². The van der Waals surface area contributed by atoms with Gasteiger partial charge in [0.15, 0.2) is 0 Å². The van der Waals surface area contributed by atoms with Crippen LogP contribution in [0.15, 0.2) is 60.3 Å². The van der Waals surface area contributed by atoms with Crippen molar-refractivity contribution in [3.63, 3.8) is 0 Å². The fourth-order valence-corrected chi connectivity index (χ4v) is 3.72. The van der Waals surface area contributed by atoms with Crippen molar-refractivity contribution < 1.29 is 8.42 Å². The molecule has 0 saturated heterocycles. The standard InChI is InChI=1S/C16H19N5O2S/c1-2-21-10-8-18-16(21)11-19-24(22,23)15-6-4-3-5-14(15)12-20-9-7-17-13-20/h3-10,13,19H,2,11-12H2,1H3. The second-order valence-electron chi connectivity index (χ2n) is 5.30. The van der Waals surface area contributed by atoms with Crippen molar-refractivity contribution >= 4 is 10.0 Å². The van der Waals surface area contributed by atoms with Crippen molar-refractivity contribution in [1.29, 1.82) is 0 Å². The second-order valence-corrected chi connectivity index (χ2v) is 7.03. The molecule has 1 N–H and O–H groups in total. The summed E-state index contributed by atoms with van der Waals surface area (Å²) in [6.45, 7) is 3.33. The van der Waals surface area contributed by atoms with Gasteiger partial charge in [0.1, 0.15) is 5.82 Å². The van der Waals surface area contributed by atoms with E-state index < -0.39 is 10.0 Å². The Morgan fingerprint density at radius 3 is 2.75 bits per heavy atom. The van der Waals surface area contributed by atoms with Gasteiger partial charge in [0.2, 0.25) is 10.0 Å². The van der Waals surface area contributed by atoms with E-state index in [0.29, 0.717) is 17.9 Å². The maximum absolute atomic E-state index is 12.7. The Hall–Kier alpha value is -2.45. The molecule has 24 heavy (non-hydrogen) atoms. The highest BCUT2D eigenvalue weighted by Crippen LogP contribution is 2.17. The van der Waals surface area contributed by atoms with Crippen LogP contribution < -0.4 is 4.72 Å². The van der Waals surface area contributed by atoms with Gasteiger partial charge in [-0.25, -0.2) is 23.1 Å². The predicted octanol–water partition coefficient (Wildman–Crippen LogP) is 1.63. The third-order valence-corrected chi connectivity index (χ3v) is 5.24. The molecule has 0 saturated carbocycles. The summed E-state index contributed by atoms with van der Waals surface area (Å²) in [5, 5.41) is 0. The van der Waals surface area contributed by atoms with E-state index in [4.69, 9.17) is 0 Å². The smallest absolute Gasteiger partial charge is 0.241 e. The van der Waals surface area contributed by atoms with E-state index in [2.05, 4.69) is 14.7 Å². The van der Waals surface area contributed by atoms with E-state index in [0.717, 1.165) is 6.54 Å². The molecule has 0 bridgehead atoms. The van der Waals surface area contributed by atoms with Crippen LogP contribution in [0.4, 0.5) is 0 Å². The van der Waals surface area contributed by atoms with Gasteiger partial charge in [0, 0.05) is 37.9 Å². The summed E-state index contributed by atoms with van der Waals surface area (Å²) in [4.78, 5) is 8.45. The molecule has 2 heterocycles. The Labute approximate surface area is 141 Å². The number of sulfonamides is 1. The van der Waals surface area contributed by atoms with E-state index in [9.17, 15) is 8.42 Å². The number of hydrogen-bond donors (Lipinski definition) is 1. The van der Waals surface area contributed by atoms with Crippen molar-refractivity contribution in [2.75, 3.05) is 0 Å². The zero-order chi connectivity index (χ0) is 17.0. The van der Waals surface area contributed by atoms with Gasteiger partial charge in [0.05, 0.1) is 17.8 Å². The van der Waals surface area contributed by atoms with Gasteiger partial charge in [-0.2, -0.15) is 0 Å². The van der Waals surface area contributed by atoms with Crippen molar-refractivity contribution in [1.82, 2.24) is 23.8 Å². The minimum atomic E-state index is -3.63. The van der Waals surface area contributed by atoms with Crippen LogP contribution in [0.3, 0.4) is 0 Å². The first-order valence-electron chi connectivity index (χ1n) is 7.63. The van der Waals surface area contributed by atoms with Crippen molar-refractivity contribution in [2.45, 2.75) is 31.5 Å². The molecule has 0 aliphatic rings. The lowest BCUT2D eigenvalue weighted by atomic mass is 10.2. The lowest BCUT2D eigenvalue weighted by Crippen LogP contribution is -2.26. The molecule has 0 aliphatic carbocycles. The lowest BCUT2D eigenvalue weighted by Gasteiger charge is -2.12. The molecule has 0 aliphatic heterocycles. The maximum atomic E-state index is 12.7. The topological polar surface area (TPSA) is 81.8 Å². The van der Waals surface area contributed by atoms with E-state index >= 15 is 0 Å². The summed E-state index contributed by atoms with van der Waals surface area (Å²) in [6.07, 6.45) is 8.63. The molecule has 0 unspecified atom stereocenters. The highest BCUT2D eigenvalue weighted by atomic mass is 32.2. The van der Waals surface area contributed by atoms with Gasteiger partial charge in [-0.05, 0) is 18.6 Å². The maximum Gasteiger partial charge on any atom is 0.241 e. The number of imidazole rings is 2. The summed E-state index contributed by atoms with van der Waals surface area (Å²) in [5.41, 5.74) is 0.710. The van der Waals surface area contributed by atoms with E-state index in [1.807, 2.05) is 34.4 Å². The first kappa shape index (κ1) is 16.4. The lowest BCUT2D eigenvalue weighted by molar-refractivity contribution is 0.573. The number of aromatic nitrogens is 4. The minimum Gasteiger partial charge on any atom is -0.334 e. The number of nitrogens with one attached hydrogen (secondary N) is 1. The first-order chi connectivity index (χ1) is 11.6. The Morgan fingerprint density at radius 1 is 1.17 bits per heavy atom. The molecule has 1 aromatic carbocycles. The van der Waals surface area contributed by atoms with Crippen molar-refractivity contribution in [2.24, 2.45) is 0 Å². The van der Waals surface area contributed by atoms with Crippen LogP contribution in [0, 0.1) is 0 Å². The number of nitrogens with zero attached hydrogens (tertiary/aromatic N) is 4. The summed E-state index contributed by atoms with van der Waals surface area (Å²) in [6, 6.07) is 6.97. The van der Waals surface area contributed by atoms with Crippen LogP contribution in [0.25, 0.3) is 0 Å². The molecule has 8 heteroatoms. The summed E-state index contributed by atoms with van der Waals surface area (Å²) in [7, 11) is -3.63. The molecule has 0 fully saturated rings. The fraction of sp³-hybridized carbons (Fsp3) is 0.250. The number of benzene rings is 1. The summed E-state index contributed by atoms with van der Waals surface area (Å²) in [5.74, 6) is 0.688. The molecule has 0 atom stereocenters. The predicted molar refractivity (Wildman–Crippen MR) is 89.7 cm³/mol. The fourth-order valence-electron chi connectivity index (χ4n) is 2.51. The van der Waals surface area contributed by atoms with Gasteiger partial charge in [-0.1, -0.05) is 18.2 Å². The average Bonchev–Trinajstić information content (AvgIpc) is 3.24. The summed E-state index contributed by atoms with van der Waals surface area (Å²) < 4.78 is 31.8. The number of aryl methyl sites for hydroxylation is 1. The van der Waals surface area contributed by atoms with Crippen LogP contribution >= 0.6 is 0 Å². The second kappa shape index (κ2) is 6.98. The Morgan fingerprint density at radius 2 is 2.00 bits per heavy atom. The molecule has 126 valence electrons. The third-order valence-electron chi connectivity index (χ3n) is 3.74. The van der Waals surface area contributed by atoms with E-state index in [1.165, 1.54) is 0 Å². The number of hydrogen-bond acceptors (Lipinski definition) is 4. The molecular formula is C16H19N5O2S. The van der Waals surface area contributed by atoms with E-state index in [-0.39, 0.29) is 11.4 Å². The average molecular weight is 345 g/mol. The van der Waals surface area contributed by atoms with Crippen LogP contribution in [-0.2, 0) is 29.7 Å². The SMILES string of the molecule is CCn1ccnc1CNS(=O)(=O)c1ccccc1Cn1ccnc1. The minimum absolute atomic E-state index is 0.155. The number of rotatable bonds is 7. The Balaban J connectivity index is 1.82. The van der Waals surface area contributed by atoms with Crippen molar-refractivity contribution in [3.8, 4) is 0 Å². The molecule has 2 aromatic heterocycles. The quantitative estimate of drug-likeness (QED) is 0.705. The van der Waals surface area contributed by atoms with Crippen LogP contribution in [0.1, 0.15) is 18.3 Å². The molecule has 3 rings (SSSR count). The molecule has 0 amide bonds. The van der Waals surface area contributed by atoms with Crippen molar-refractivity contribution in [3.05, 3.63) is 66.8 Å². The van der Waals surface area contributed by atoms with Crippen LogP contribution in [-0.4, -0.2) is 27.5 Å². The van der Waals surface area contributed by atoms with Gasteiger partial charge in [-0.3, -0.25) is 0 Å². The highest BCUT2D eigenvalue weighted by Gasteiger charge is 2.18. The summed E-state index contributed by atoms with van der Waals surface area (Å²) >= 11 is 0. The molecule has 0 spiro atoms. The Kier molecular flexibility index (Phi) is 4.77. The third kappa shape index (κ3) is 3.55. The monoisotopic (exact) mass is 345 g/mol. The first-order valence-corrected chi connectivity index (χ1v) is 9.12. The zero-order valence-electron chi connectivity index (χ0n) is 13.3. The highest BCUT2D eigenvalue weighted by molar-refractivity contribution is 7.89. The molecule has 7 nitrogen and oxygen atoms in total. The normalized spacial score (nSPS) is 11.7. The molecule has 0 radical (unpaired) electrons. The van der Waals surface area contributed by atoms with Gasteiger partial charge in [-0.15, -0.1) is 0 Å². The zero-order valence-corrected chi connectivity index (χ0v) is 14.1. The molecular weight excluding hydrogens is 326 g/mol.